The van der Waals surface area contributed by atoms with Crippen molar-refractivity contribution >= 4 is 11.7 Å². The summed E-state index contributed by atoms with van der Waals surface area (Å²) in [7, 11) is 0. The maximum Gasteiger partial charge on any atom is 0.349 e. The van der Waals surface area contributed by atoms with Gasteiger partial charge in [-0.1, -0.05) is 0 Å². The minimum Gasteiger partial charge on any atom is -0.501 e. The maximum atomic E-state index is 12.8. The van der Waals surface area contributed by atoms with Gasteiger partial charge in [0.05, 0.1) is 4.92 Å². The van der Waals surface area contributed by atoms with Crippen molar-refractivity contribution in [3.63, 3.8) is 0 Å². The summed E-state index contributed by atoms with van der Waals surface area (Å²) < 4.78 is 25.5. The summed E-state index contributed by atoms with van der Waals surface area (Å²) in [5.41, 5.74) is -2.66. The van der Waals surface area contributed by atoms with Gasteiger partial charge >= 0.3 is 11.7 Å². The number of hydrogen-bond acceptors (Lipinski definition) is 4. The van der Waals surface area contributed by atoms with Gasteiger partial charge in [-0.2, -0.15) is 4.39 Å². The molecule has 0 saturated heterocycles. The molecule has 0 aliphatic heterocycles. The third-order valence-electron chi connectivity index (χ3n) is 1.58. The second-order valence-electron chi connectivity index (χ2n) is 2.48. The number of carboxylic acid groups (broad SMARTS) is 1. The lowest BCUT2D eigenvalue weighted by Gasteiger charge is -2.02. The van der Waals surface area contributed by atoms with Crippen molar-refractivity contribution in [2.45, 2.75) is 0 Å². The van der Waals surface area contributed by atoms with E-state index in [2.05, 4.69) is 0 Å². The fourth-order valence-corrected chi connectivity index (χ4v) is 0.933. The standard InChI is InChI=1S/C7H3F2NO5/c8-3-1-2(7(12)13)6(11)5(4(3)9)10(14)15/h1,11H,(H,12,13). The van der Waals surface area contributed by atoms with E-state index in [0.717, 1.165) is 0 Å². The van der Waals surface area contributed by atoms with E-state index in [9.17, 15) is 23.7 Å². The van der Waals surface area contributed by atoms with Crippen LogP contribution in [0.4, 0.5) is 14.5 Å². The minimum absolute atomic E-state index is 0.167. The zero-order valence-electron chi connectivity index (χ0n) is 6.90. The smallest absolute Gasteiger partial charge is 0.349 e. The van der Waals surface area contributed by atoms with Gasteiger partial charge in [-0.15, -0.1) is 0 Å². The van der Waals surface area contributed by atoms with Gasteiger partial charge in [0.25, 0.3) is 0 Å². The summed E-state index contributed by atoms with van der Waals surface area (Å²) in [5.74, 6) is -6.82. The van der Waals surface area contributed by atoms with Crippen molar-refractivity contribution < 1.29 is 28.7 Å². The van der Waals surface area contributed by atoms with E-state index in [1.54, 1.807) is 0 Å². The van der Waals surface area contributed by atoms with Crippen LogP contribution in [0, 0.1) is 21.7 Å². The van der Waals surface area contributed by atoms with Crippen LogP contribution in [0.3, 0.4) is 0 Å². The van der Waals surface area contributed by atoms with Crippen LogP contribution in [-0.2, 0) is 0 Å². The summed E-state index contributed by atoms with van der Waals surface area (Å²) in [6, 6.07) is 0.167. The molecule has 0 aliphatic rings. The summed E-state index contributed by atoms with van der Waals surface area (Å²) in [5, 5.41) is 27.6. The van der Waals surface area contributed by atoms with Gasteiger partial charge in [-0.05, 0) is 6.07 Å². The van der Waals surface area contributed by atoms with E-state index >= 15 is 0 Å². The minimum atomic E-state index is -1.90. The van der Waals surface area contributed by atoms with Crippen molar-refractivity contribution in [2.75, 3.05) is 0 Å². The number of carboxylic acids is 1. The van der Waals surface area contributed by atoms with E-state index in [4.69, 9.17) is 10.2 Å². The van der Waals surface area contributed by atoms with Gasteiger partial charge in [-0.25, -0.2) is 9.18 Å². The van der Waals surface area contributed by atoms with Crippen LogP contribution in [0.25, 0.3) is 0 Å². The normalized spacial score (nSPS) is 10.0. The van der Waals surface area contributed by atoms with Crippen LogP contribution >= 0.6 is 0 Å². The average molecular weight is 219 g/mol. The Bertz CT molecular complexity index is 459. The molecule has 0 spiro atoms. The van der Waals surface area contributed by atoms with E-state index in [1.165, 1.54) is 0 Å². The number of aromatic carboxylic acids is 1. The maximum absolute atomic E-state index is 12.8. The molecule has 2 N–H and O–H groups in total. The van der Waals surface area contributed by atoms with Crippen LogP contribution < -0.4 is 0 Å². The lowest BCUT2D eigenvalue weighted by atomic mass is 10.1. The second-order valence-corrected chi connectivity index (χ2v) is 2.48. The number of hydrogen-bond donors (Lipinski definition) is 2. The number of carbonyl (C=O) groups is 1. The summed E-state index contributed by atoms with van der Waals surface area (Å²) >= 11 is 0. The van der Waals surface area contributed by atoms with Crippen LogP contribution in [0.15, 0.2) is 6.07 Å². The first-order chi connectivity index (χ1) is 6.86. The quantitative estimate of drug-likeness (QED) is 0.576. The molecule has 80 valence electrons. The van der Waals surface area contributed by atoms with E-state index in [-0.39, 0.29) is 6.07 Å². The van der Waals surface area contributed by atoms with Crippen LogP contribution in [0.5, 0.6) is 5.75 Å². The number of benzene rings is 1. The van der Waals surface area contributed by atoms with E-state index in [0.29, 0.717) is 0 Å². The zero-order valence-corrected chi connectivity index (χ0v) is 6.90. The number of rotatable bonds is 2. The number of aromatic hydroxyl groups is 1. The largest absolute Gasteiger partial charge is 0.501 e. The van der Waals surface area contributed by atoms with Gasteiger partial charge in [0.15, 0.2) is 5.82 Å². The summed E-state index contributed by atoms with van der Waals surface area (Å²) in [6.45, 7) is 0. The Kier molecular flexibility index (Phi) is 2.51. The highest BCUT2D eigenvalue weighted by Crippen LogP contribution is 2.34. The fraction of sp³-hybridized carbons (Fsp3) is 0. The Morgan fingerprint density at radius 1 is 1.47 bits per heavy atom. The van der Waals surface area contributed by atoms with Gasteiger partial charge in [-0.3, -0.25) is 10.1 Å². The topological polar surface area (TPSA) is 101 Å². The predicted octanol–water partition coefficient (Wildman–Crippen LogP) is 1.28. The molecule has 0 unspecified atom stereocenters. The Labute approximate surface area is 80.5 Å². The van der Waals surface area contributed by atoms with Crippen LogP contribution in [0.2, 0.25) is 0 Å². The van der Waals surface area contributed by atoms with Gasteiger partial charge < -0.3 is 10.2 Å². The van der Waals surface area contributed by atoms with Crippen molar-refractivity contribution in [1.82, 2.24) is 0 Å². The molecule has 8 heteroatoms. The molecule has 0 amide bonds. The molecular formula is C7H3F2NO5. The Balaban J connectivity index is 3.63. The molecule has 1 aromatic rings. The lowest BCUT2D eigenvalue weighted by molar-refractivity contribution is -0.388. The van der Waals surface area contributed by atoms with Gasteiger partial charge in [0.1, 0.15) is 5.56 Å². The Morgan fingerprint density at radius 3 is 2.40 bits per heavy atom. The van der Waals surface area contributed by atoms with Crippen molar-refractivity contribution in [3.8, 4) is 5.75 Å². The van der Waals surface area contributed by atoms with Crippen molar-refractivity contribution in [3.05, 3.63) is 33.4 Å². The molecule has 0 heterocycles. The molecule has 6 nitrogen and oxygen atoms in total. The molecular weight excluding hydrogens is 216 g/mol. The molecule has 15 heavy (non-hydrogen) atoms. The zero-order chi connectivity index (χ0) is 11.7. The highest BCUT2D eigenvalue weighted by atomic mass is 19.2. The number of nitrogens with zero attached hydrogens (tertiary/aromatic N) is 1. The number of nitro benzene ring substituents is 1. The van der Waals surface area contributed by atoms with Crippen molar-refractivity contribution in [2.24, 2.45) is 0 Å². The number of nitro groups is 1. The number of halogens is 2. The second kappa shape index (κ2) is 3.48. The first-order valence-electron chi connectivity index (χ1n) is 3.45. The summed E-state index contributed by atoms with van der Waals surface area (Å²) in [4.78, 5) is 19.2. The average Bonchev–Trinajstić information content (AvgIpc) is 2.10. The van der Waals surface area contributed by atoms with Crippen LogP contribution in [0.1, 0.15) is 10.4 Å². The van der Waals surface area contributed by atoms with Crippen molar-refractivity contribution in [1.29, 1.82) is 0 Å². The molecule has 0 atom stereocenters. The lowest BCUT2D eigenvalue weighted by Crippen LogP contribution is -2.04. The molecule has 0 fully saturated rings. The fourth-order valence-electron chi connectivity index (χ4n) is 0.933. The monoisotopic (exact) mass is 219 g/mol. The molecule has 0 saturated carbocycles. The number of phenols is 1. The van der Waals surface area contributed by atoms with Gasteiger partial charge in [0, 0.05) is 0 Å². The molecule has 0 aliphatic carbocycles. The first kappa shape index (κ1) is 10.8. The predicted molar refractivity (Wildman–Crippen MR) is 41.6 cm³/mol. The Hall–Kier alpha value is -2.25. The molecule has 0 radical (unpaired) electrons. The van der Waals surface area contributed by atoms with Crippen LogP contribution in [-0.4, -0.2) is 21.1 Å². The molecule has 0 aromatic heterocycles. The highest BCUT2D eigenvalue weighted by Gasteiger charge is 2.29. The van der Waals surface area contributed by atoms with E-state index in [1.807, 2.05) is 0 Å². The van der Waals surface area contributed by atoms with Gasteiger partial charge in [0.2, 0.25) is 11.6 Å². The van der Waals surface area contributed by atoms with E-state index < -0.39 is 39.5 Å². The summed E-state index contributed by atoms with van der Waals surface area (Å²) in [6.07, 6.45) is 0. The molecule has 1 rings (SSSR count). The molecule has 1 aromatic carbocycles. The Morgan fingerprint density at radius 2 is 2.00 bits per heavy atom. The SMILES string of the molecule is O=C(O)c1cc(F)c(F)c([N+](=O)[O-])c1O. The highest BCUT2D eigenvalue weighted by molar-refractivity contribution is 5.92. The third-order valence-corrected chi connectivity index (χ3v) is 1.58. The molecule has 0 bridgehead atoms. The first-order valence-corrected chi connectivity index (χ1v) is 3.45. The third kappa shape index (κ3) is 1.68.